The van der Waals surface area contributed by atoms with Crippen molar-refractivity contribution in [1.29, 1.82) is 0 Å². The zero-order chi connectivity index (χ0) is 22.3. The zero-order valence-electron chi connectivity index (χ0n) is 17.8. The average molecular weight is 429 g/mol. The Labute approximate surface area is 186 Å². The Morgan fingerprint density at radius 3 is 2.41 bits per heavy atom. The quantitative estimate of drug-likeness (QED) is 0.377. The van der Waals surface area contributed by atoms with Crippen molar-refractivity contribution in [3.8, 4) is 17.3 Å². The van der Waals surface area contributed by atoms with Crippen molar-refractivity contribution in [2.45, 2.75) is 26.2 Å². The van der Waals surface area contributed by atoms with E-state index >= 15 is 0 Å². The number of anilines is 1. The van der Waals surface area contributed by atoms with Crippen LogP contribution in [0, 0.1) is 5.82 Å². The Hall–Kier alpha value is -3.93. The number of hydrogen-bond acceptors (Lipinski definition) is 3. The summed E-state index contributed by atoms with van der Waals surface area (Å²) in [5, 5.41) is 7.65. The second-order valence-corrected chi connectivity index (χ2v) is 7.30. The van der Waals surface area contributed by atoms with Gasteiger partial charge in [0.25, 0.3) is 0 Å². The normalized spacial score (nSPS) is 10.7. The van der Waals surface area contributed by atoms with Crippen molar-refractivity contribution in [2.75, 3.05) is 5.32 Å². The lowest BCUT2D eigenvalue weighted by Crippen LogP contribution is -2.12. The third kappa shape index (κ3) is 5.03. The zero-order valence-corrected chi connectivity index (χ0v) is 17.8. The predicted molar refractivity (Wildman–Crippen MR) is 123 cm³/mol. The van der Waals surface area contributed by atoms with Crippen LogP contribution in [0.25, 0.3) is 5.69 Å². The minimum absolute atomic E-state index is 0.0950. The summed E-state index contributed by atoms with van der Waals surface area (Å²) in [4.78, 5) is 12.5. The number of aromatic nitrogens is 2. The molecule has 6 heteroatoms. The number of benzene rings is 3. The summed E-state index contributed by atoms with van der Waals surface area (Å²) in [7, 11) is 0. The van der Waals surface area contributed by atoms with Crippen molar-refractivity contribution in [3.63, 3.8) is 0 Å². The highest BCUT2D eigenvalue weighted by Crippen LogP contribution is 2.32. The van der Waals surface area contributed by atoms with E-state index in [2.05, 4.69) is 5.32 Å². The minimum atomic E-state index is -0.382. The summed E-state index contributed by atoms with van der Waals surface area (Å²) in [6, 6.07) is 25.0. The molecule has 0 aliphatic rings. The summed E-state index contributed by atoms with van der Waals surface area (Å²) >= 11 is 0. The smallest absolute Gasteiger partial charge is 0.226 e. The van der Waals surface area contributed by atoms with E-state index in [1.807, 2.05) is 67.6 Å². The number of hydrogen-bond donors (Lipinski definition) is 1. The molecule has 32 heavy (non-hydrogen) atoms. The summed E-state index contributed by atoms with van der Waals surface area (Å²) < 4.78 is 21.6. The molecule has 0 aliphatic carbocycles. The molecular formula is C26H24FN3O2. The van der Waals surface area contributed by atoms with Gasteiger partial charge in [0.2, 0.25) is 11.8 Å². The maximum Gasteiger partial charge on any atom is 0.226 e. The Kier molecular flexibility index (Phi) is 6.60. The van der Waals surface area contributed by atoms with Gasteiger partial charge in [-0.2, -0.15) is 5.10 Å². The topological polar surface area (TPSA) is 56.2 Å². The lowest BCUT2D eigenvalue weighted by atomic mass is 10.1. The number of carbonyl (C=O) groups excluding carboxylic acids is 1. The van der Waals surface area contributed by atoms with Gasteiger partial charge >= 0.3 is 0 Å². The second-order valence-electron chi connectivity index (χ2n) is 7.30. The van der Waals surface area contributed by atoms with E-state index < -0.39 is 0 Å². The predicted octanol–water partition coefficient (Wildman–Crippen LogP) is 5.94. The van der Waals surface area contributed by atoms with Crippen molar-refractivity contribution >= 4 is 11.6 Å². The van der Waals surface area contributed by atoms with Gasteiger partial charge in [-0.15, -0.1) is 0 Å². The summed E-state index contributed by atoms with van der Waals surface area (Å²) in [5.41, 5.74) is 3.26. The third-order valence-corrected chi connectivity index (χ3v) is 5.03. The summed E-state index contributed by atoms with van der Waals surface area (Å²) in [5.74, 6) is 0.390. The van der Waals surface area contributed by atoms with Crippen LogP contribution < -0.4 is 10.1 Å². The fourth-order valence-corrected chi connectivity index (χ4v) is 3.49. The van der Waals surface area contributed by atoms with Gasteiger partial charge in [0.15, 0.2) is 0 Å². The SMILES string of the molecule is CCc1nn(-c2ccccc2)c(Oc2cccc(F)c2)c1CCC(=O)Nc1ccccc1. The van der Waals surface area contributed by atoms with Crippen molar-refractivity contribution in [2.24, 2.45) is 0 Å². The second kappa shape index (κ2) is 9.92. The average Bonchev–Trinajstić information content (AvgIpc) is 3.16. The molecule has 0 atom stereocenters. The number of rotatable bonds is 8. The van der Waals surface area contributed by atoms with Gasteiger partial charge in [0.1, 0.15) is 11.6 Å². The molecule has 1 N–H and O–H groups in total. The van der Waals surface area contributed by atoms with Crippen LogP contribution in [-0.4, -0.2) is 15.7 Å². The molecule has 0 radical (unpaired) electrons. The largest absolute Gasteiger partial charge is 0.439 e. The van der Waals surface area contributed by atoms with E-state index in [0.717, 1.165) is 22.6 Å². The summed E-state index contributed by atoms with van der Waals surface area (Å²) in [6.07, 6.45) is 1.39. The fourth-order valence-electron chi connectivity index (χ4n) is 3.49. The molecule has 1 amide bonds. The van der Waals surface area contributed by atoms with Gasteiger partial charge in [-0.25, -0.2) is 9.07 Å². The fraction of sp³-hybridized carbons (Fsp3) is 0.154. The van der Waals surface area contributed by atoms with Gasteiger partial charge in [0, 0.05) is 23.7 Å². The Bertz CT molecular complexity index is 1190. The first kappa shape index (κ1) is 21.3. The molecule has 0 saturated heterocycles. The molecule has 1 aromatic heterocycles. The Morgan fingerprint density at radius 1 is 1.00 bits per heavy atom. The van der Waals surface area contributed by atoms with Gasteiger partial charge in [0.05, 0.1) is 11.4 Å². The van der Waals surface area contributed by atoms with Crippen molar-refractivity contribution in [3.05, 3.63) is 102 Å². The van der Waals surface area contributed by atoms with Crippen LogP contribution in [0.5, 0.6) is 11.6 Å². The van der Waals surface area contributed by atoms with E-state index in [1.165, 1.54) is 12.1 Å². The molecular weight excluding hydrogens is 405 g/mol. The van der Waals surface area contributed by atoms with Gasteiger partial charge in [-0.3, -0.25) is 4.79 Å². The number of nitrogens with zero attached hydrogens (tertiary/aromatic N) is 2. The molecule has 0 fully saturated rings. The molecule has 162 valence electrons. The van der Waals surface area contributed by atoms with E-state index in [4.69, 9.17) is 9.84 Å². The maximum atomic E-state index is 13.8. The van der Waals surface area contributed by atoms with Crippen LogP contribution in [0.15, 0.2) is 84.9 Å². The van der Waals surface area contributed by atoms with E-state index in [1.54, 1.807) is 16.8 Å². The standard InChI is InChI=1S/C26H24FN3O2/c1-2-24-23(16-17-25(31)28-20-11-5-3-6-12-20)26(32-22-15-9-10-19(27)18-22)30(29-24)21-13-7-4-8-14-21/h3-15,18H,2,16-17H2,1H3,(H,28,31). The number of para-hydroxylation sites is 2. The van der Waals surface area contributed by atoms with E-state index in [0.29, 0.717) is 24.5 Å². The molecule has 4 rings (SSSR count). The lowest BCUT2D eigenvalue weighted by Gasteiger charge is -2.12. The maximum absolute atomic E-state index is 13.8. The van der Waals surface area contributed by atoms with E-state index in [-0.39, 0.29) is 18.1 Å². The number of ether oxygens (including phenoxy) is 1. The highest BCUT2D eigenvalue weighted by Gasteiger charge is 2.21. The molecule has 3 aromatic carbocycles. The molecule has 5 nitrogen and oxygen atoms in total. The van der Waals surface area contributed by atoms with Crippen molar-refractivity contribution < 1.29 is 13.9 Å². The third-order valence-electron chi connectivity index (χ3n) is 5.03. The van der Waals surface area contributed by atoms with Crippen LogP contribution in [0.1, 0.15) is 24.6 Å². The highest BCUT2D eigenvalue weighted by atomic mass is 19.1. The highest BCUT2D eigenvalue weighted by molar-refractivity contribution is 5.90. The monoisotopic (exact) mass is 429 g/mol. The molecule has 0 bridgehead atoms. The molecule has 1 heterocycles. The van der Waals surface area contributed by atoms with Crippen LogP contribution in [0.4, 0.5) is 10.1 Å². The Balaban J connectivity index is 1.65. The Morgan fingerprint density at radius 2 is 1.72 bits per heavy atom. The van der Waals surface area contributed by atoms with Crippen LogP contribution in [0.3, 0.4) is 0 Å². The first-order valence-electron chi connectivity index (χ1n) is 10.6. The molecule has 0 unspecified atom stereocenters. The summed E-state index contributed by atoms with van der Waals surface area (Å²) in [6.45, 7) is 2.01. The molecule has 0 spiro atoms. The van der Waals surface area contributed by atoms with Gasteiger partial charge in [-0.1, -0.05) is 49.4 Å². The molecule has 4 aromatic rings. The minimum Gasteiger partial charge on any atom is -0.439 e. The van der Waals surface area contributed by atoms with E-state index in [9.17, 15) is 9.18 Å². The number of nitrogens with one attached hydrogen (secondary N) is 1. The van der Waals surface area contributed by atoms with Crippen molar-refractivity contribution in [1.82, 2.24) is 9.78 Å². The molecule has 0 aliphatic heterocycles. The molecule has 0 saturated carbocycles. The number of halogens is 1. The number of aryl methyl sites for hydroxylation is 1. The van der Waals surface area contributed by atoms with Crippen LogP contribution in [0.2, 0.25) is 0 Å². The van der Waals surface area contributed by atoms with Crippen LogP contribution in [-0.2, 0) is 17.6 Å². The first-order chi connectivity index (χ1) is 15.6. The first-order valence-corrected chi connectivity index (χ1v) is 10.6. The lowest BCUT2D eigenvalue weighted by molar-refractivity contribution is -0.116. The number of amides is 1. The van der Waals surface area contributed by atoms with Crippen LogP contribution >= 0.6 is 0 Å². The number of carbonyl (C=O) groups is 1. The van der Waals surface area contributed by atoms with Gasteiger partial charge in [-0.05, 0) is 49.2 Å². The van der Waals surface area contributed by atoms with Gasteiger partial charge < -0.3 is 10.1 Å².